The number of carbonyl (C=O) groups is 1. The molecule has 0 spiro atoms. The normalized spacial score (nSPS) is 9.83. The maximum absolute atomic E-state index is 10.7. The molecule has 64 valence electrons. The van der Waals surface area contributed by atoms with E-state index in [0.29, 0.717) is 6.42 Å². The summed E-state index contributed by atoms with van der Waals surface area (Å²) in [4.78, 5) is 14.6. The van der Waals surface area contributed by atoms with Gasteiger partial charge in [0.2, 0.25) is 0 Å². The molecule has 0 saturated carbocycles. The lowest BCUT2D eigenvalue weighted by molar-refractivity contribution is 0.0689. The van der Waals surface area contributed by atoms with Crippen molar-refractivity contribution >= 4 is 5.97 Å². The average Bonchev–Trinajstić information content (AvgIpc) is 2.04. The Balaban J connectivity index is 3.21. The standard InChI is InChI=1S/C9H11NO2/c1-3-7-5-4-6(2)10-8(7)9(11)12/h4-5H,3H2,1-2H3,(H,11,12). The van der Waals surface area contributed by atoms with Crippen LogP contribution in [0.15, 0.2) is 12.1 Å². The van der Waals surface area contributed by atoms with Crippen LogP contribution in [0.1, 0.15) is 28.7 Å². The molecule has 12 heavy (non-hydrogen) atoms. The van der Waals surface area contributed by atoms with E-state index >= 15 is 0 Å². The number of aromatic nitrogens is 1. The fraction of sp³-hybridized carbons (Fsp3) is 0.333. The highest BCUT2D eigenvalue weighted by molar-refractivity contribution is 5.87. The SMILES string of the molecule is CCc1ccc(C)nc1C(=O)O. The molecular formula is C9H11NO2. The van der Waals surface area contributed by atoms with Gasteiger partial charge in [0, 0.05) is 5.69 Å². The first kappa shape index (κ1) is 8.71. The summed E-state index contributed by atoms with van der Waals surface area (Å²) in [6.45, 7) is 3.70. The lowest BCUT2D eigenvalue weighted by Gasteiger charge is -2.02. The van der Waals surface area contributed by atoms with Crippen LogP contribution in [0.4, 0.5) is 0 Å². The predicted molar refractivity (Wildman–Crippen MR) is 45.3 cm³/mol. The smallest absolute Gasteiger partial charge is 0.354 e. The molecule has 3 heteroatoms. The van der Waals surface area contributed by atoms with Crippen molar-refractivity contribution in [3.8, 4) is 0 Å². The third-order valence-electron chi connectivity index (χ3n) is 1.70. The molecule has 0 atom stereocenters. The lowest BCUT2D eigenvalue weighted by Crippen LogP contribution is -2.05. The predicted octanol–water partition coefficient (Wildman–Crippen LogP) is 1.65. The number of hydrogen-bond donors (Lipinski definition) is 1. The van der Waals surface area contributed by atoms with E-state index in [2.05, 4.69) is 4.98 Å². The van der Waals surface area contributed by atoms with Crippen molar-refractivity contribution in [2.24, 2.45) is 0 Å². The van der Waals surface area contributed by atoms with Gasteiger partial charge < -0.3 is 5.11 Å². The number of hydrogen-bond acceptors (Lipinski definition) is 2. The molecule has 1 aromatic rings. The van der Waals surface area contributed by atoms with Crippen LogP contribution in [-0.4, -0.2) is 16.1 Å². The van der Waals surface area contributed by atoms with Crippen LogP contribution in [0.3, 0.4) is 0 Å². The van der Waals surface area contributed by atoms with Crippen LogP contribution in [0, 0.1) is 6.92 Å². The Morgan fingerprint density at radius 1 is 1.58 bits per heavy atom. The Hall–Kier alpha value is -1.38. The first-order chi connectivity index (χ1) is 5.65. The van der Waals surface area contributed by atoms with Crippen LogP contribution >= 0.6 is 0 Å². The molecule has 0 aliphatic heterocycles. The first-order valence-electron chi connectivity index (χ1n) is 3.85. The number of rotatable bonds is 2. The van der Waals surface area contributed by atoms with E-state index in [4.69, 9.17) is 5.11 Å². The van der Waals surface area contributed by atoms with Crippen LogP contribution in [0.5, 0.6) is 0 Å². The highest BCUT2D eigenvalue weighted by Crippen LogP contribution is 2.07. The molecule has 3 nitrogen and oxygen atoms in total. The molecule has 0 radical (unpaired) electrons. The van der Waals surface area contributed by atoms with Gasteiger partial charge in [-0.3, -0.25) is 0 Å². The van der Waals surface area contributed by atoms with E-state index in [-0.39, 0.29) is 5.69 Å². The van der Waals surface area contributed by atoms with Gasteiger partial charge in [0.25, 0.3) is 0 Å². The summed E-state index contributed by atoms with van der Waals surface area (Å²) in [5, 5.41) is 8.76. The third kappa shape index (κ3) is 1.61. The topological polar surface area (TPSA) is 50.2 Å². The summed E-state index contributed by atoms with van der Waals surface area (Å²) in [7, 11) is 0. The van der Waals surface area contributed by atoms with Crippen molar-refractivity contribution in [3.05, 3.63) is 29.1 Å². The van der Waals surface area contributed by atoms with Crippen LogP contribution in [0.2, 0.25) is 0 Å². The van der Waals surface area contributed by atoms with Gasteiger partial charge in [0.05, 0.1) is 0 Å². The summed E-state index contributed by atoms with van der Waals surface area (Å²) in [5.41, 5.74) is 1.70. The molecule has 0 saturated heterocycles. The van der Waals surface area contributed by atoms with Gasteiger partial charge in [0.15, 0.2) is 5.69 Å². The second kappa shape index (κ2) is 3.34. The number of aromatic carboxylic acids is 1. The van der Waals surface area contributed by atoms with E-state index in [0.717, 1.165) is 11.3 Å². The monoisotopic (exact) mass is 165 g/mol. The maximum Gasteiger partial charge on any atom is 0.354 e. The van der Waals surface area contributed by atoms with Crippen molar-refractivity contribution in [2.45, 2.75) is 20.3 Å². The zero-order valence-corrected chi connectivity index (χ0v) is 7.16. The molecule has 1 N–H and O–H groups in total. The molecule has 0 aliphatic carbocycles. The molecular weight excluding hydrogens is 154 g/mol. The maximum atomic E-state index is 10.7. The van der Waals surface area contributed by atoms with Crippen molar-refractivity contribution < 1.29 is 9.90 Å². The van der Waals surface area contributed by atoms with E-state index in [1.54, 1.807) is 6.92 Å². The molecule has 0 bridgehead atoms. The van der Waals surface area contributed by atoms with Crippen molar-refractivity contribution in [1.29, 1.82) is 0 Å². The molecule has 0 aromatic carbocycles. The van der Waals surface area contributed by atoms with E-state index in [1.807, 2.05) is 19.1 Å². The zero-order chi connectivity index (χ0) is 9.14. The minimum Gasteiger partial charge on any atom is -0.477 e. The highest BCUT2D eigenvalue weighted by atomic mass is 16.4. The fourth-order valence-corrected chi connectivity index (χ4v) is 1.06. The minimum atomic E-state index is -0.949. The van der Waals surface area contributed by atoms with Gasteiger partial charge in [0.1, 0.15) is 0 Å². The number of aryl methyl sites for hydroxylation is 2. The summed E-state index contributed by atoms with van der Waals surface area (Å²) in [6, 6.07) is 3.64. The van der Waals surface area contributed by atoms with Crippen LogP contribution in [0.25, 0.3) is 0 Å². The van der Waals surface area contributed by atoms with Crippen molar-refractivity contribution in [2.75, 3.05) is 0 Å². The highest BCUT2D eigenvalue weighted by Gasteiger charge is 2.09. The molecule has 0 unspecified atom stereocenters. The van der Waals surface area contributed by atoms with Crippen LogP contribution in [-0.2, 0) is 6.42 Å². The minimum absolute atomic E-state index is 0.178. The summed E-state index contributed by atoms with van der Waals surface area (Å²) in [6.07, 6.45) is 0.703. The molecule has 1 aromatic heterocycles. The lowest BCUT2D eigenvalue weighted by atomic mass is 10.1. The van der Waals surface area contributed by atoms with Gasteiger partial charge in [-0.1, -0.05) is 13.0 Å². The van der Waals surface area contributed by atoms with E-state index < -0.39 is 5.97 Å². The summed E-state index contributed by atoms with van der Waals surface area (Å²) < 4.78 is 0. The van der Waals surface area contributed by atoms with Crippen molar-refractivity contribution in [1.82, 2.24) is 4.98 Å². The second-order valence-electron chi connectivity index (χ2n) is 2.62. The quantitative estimate of drug-likeness (QED) is 0.724. The van der Waals surface area contributed by atoms with Gasteiger partial charge >= 0.3 is 5.97 Å². The Morgan fingerprint density at radius 2 is 2.25 bits per heavy atom. The molecule has 0 amide bonds. The molecule has 1 heterocycles. The average molecular weight is 165 g/mol. The molecule has 0 fully saturated rings. The Morgan fingerprint density at radius 3 is 2.75 bits per heavy atom. The number of carboxylic acid groups (broad SMARTS) is 1. The Bertz CT molecular complexity index is 307. The Kier molecular flexibility index (Phi) is 2.43. The number of nitrogens with zero attached hydrogens (tertiary/aromatic N) is 1. The summed E-state index contributed by atoms with van der Waals surface area (Å²) >= 11 is 0. The molecule has 0 aliphatic rings. The fourth-order valence-electron chi connectivity index (χ4n) is 1.06. The number of pyridine rings is 1. The second-order valence-corrected chi connectivity index (χ2v) is 2.62. The number of carboxylic acids is 1. The van der Waals surface area contributed by atoms with Gasteiger partial charge in [-0.15, -0.1) is 0 Å². The largest absolute Gasteiger partial charge is 0.477 e. The van der Waals surface area contributed by atoms with Gasteiger partial charge in [-0.2, -0.15) is 0 Å². The van der Waals surface area contributed by atoms with Gasteiger partial charge in [-0.25, -0.2) is 9.78 Å². The van der Waals surface area contributed by atoms with E-state index in [1.165, 1.54) is 0 Å². The van der Waals surface area contributed by atoms with Crippen LogP contribution < -0.4 is 0 Å². The Labute approximate surface area is 71.1 Å². The summed E-state index contributed by atoms with van der Waals surface area (Å²) in [5.74, 6) is -0.949. The zero-order valence-electron chi connectivity index (χ0n) is 7.16. The first-order valence-corrected chi connectivity index (χ1v) is 3.85. The van der Waals surface area contributed by atoms with E-state index in [9.17, 15) is 4.79 Å². The molecule has 1 rings (SSSR count). The third-order valence-corrected chi connectivity index (χ3v) is 1.70. The van der Waals surface area contributed by atoms with Crippen molar-refractivity contribution in [3.63, 3.8) is 0 Å². The van der Waals surface area contributed by atoms with Gasteiger partial charge in [-0.05, 0) is 25.0 Å².